The largest absolute Gasteiger partial charge is 0.595 e. The van der Waals surface area contributed by atoms with Gasteiger partial charge >= 0.3 is 12.3 Å². The summed E-state index contributed by atoms with van der Waals surface area (Å²) < 4.78 is 41.2. The maximum absolute atomic E-state index is 11.5. The summed E-state index contributed by atoms with van der Waals surface area (Å²) in [6.45, 7) is 19.3. The average molecular weight is 766 g/mol. The van der Waals surface area contributed by atoms with Crippen molar-refractivity contribution in [1.82, 2.24) is 0 Å². The average Bonchev–Trinajstić information content (AvgIpc) is 3.48. The maximum Gasteiger partial charge on any atom is 0.519 e. The lowest BCUT2D eigenvalue weighted by Crippen LogP contribution is -2.36. The highest BCUT2D eigenvalue weighted by Crippen LogP contribution is 2.43. The Morgan fingerprint density at radius 2 is 1.06 bits per heavy atom. The first kappa shape index (κ1) is 44.6. The first-order chi connectivity index (χ1) is 24.6. The summed E-state index contributed by atoms with van der Waals surface area (Å²) >= 11 is 0. The highest BCUT2D eigenvalue weighted by Gasteiger charge is 2.38. The van der Waals surface area contributed by atoms with Crippen LogP contribution in [-0.4, -0.2) is 69.7 Å². The van der Waals surface area contributed by atoms with E-state index in [1.165, 1.54) is 36.4 Å². The Balaban J connectivity index is 0.000000290. The second kappa shape index (κ2) is 17.5. The summed E-state index contributed by atoms with van der Waals surface area (Å²) in [5.41, 5.74) is 3.36. The van der Waals surface area contributed by atoms with Gasteiger partial charge in [0, 0.05) is 51.0 Å². The summed E-state index contributed by atoms with van der Waals surface area (Å²) in [5.74, 6) is -0.198. The molecular weight excluding hydrogens is 716 g/mol. The number of aliphatic imine (C=N–C) groups is 1. The Morgan fingerprint density at radius 3 is 1.41 bits per heavy atom. The summed E-state index contributed by atoms with van der Waals surface area (Å²) in [5, 5.41) is 32.9. The second-order valence-corrected chi connectivity index (χ2v) is 15.1. The summed E-state index contributed by atoms with van der Waals surface area (Å²) in [6.07, 6.45) is -1.94. The van der Waals surface area contributed by atoms with E-state index < -0.39 is 56.6 Å². The van der Waals surface area contributed by atoms with Gasteiger partial charge in [-0.15, -0.1) is 0 Å². The van der Waals surface area contributed by atoms with E-state index in [4.69, 9.17) is 38.9 Å². The third kappa shape index (κ3) is 15.6. The maximum atomic E-state index is 11.5. The molecule has 0 radical (unpaired) electrons. The van der Waals surface area contributed by atoms with E-state index in [1.807, 2.05) is 0 Å². The van der Waals surface area contributed by atoms with Gasteiger partial charge in [0.15, 0.2) is 23.0 Å². The molecule has 0 aliphatic carbocycles. The van der Waals surface area contributed by atoms with Gasteiger partial charge in [-0.2, -0.15) is 0 Å². The molecule has 0 saturated carbocycles. The molecule has 2 aromatic rings. The fraction of sp³-hybridized carbons (Fsp3) is 0.571. The van der Waals surface area contributed by atoms with E-state index in [1.54, 1.807) is 76.2 Å². The van der Waals surface area contributed by atoms with Gasteiger partial charge in [0.25, 0.3) is 17.2 Å². The Labute approximate surface area is 312 Å². The quantitative estimate of drug-likeness (QED) is 0.0809. The molecule has 4 rings (SSSR count). The number of hydrogen-bond donors (Lipinski definition) is 1. The lowest BCUT2D eigenvalue weighted by molar-refractivity contribution is -0.385. The minimum absolute atomic E-state index is 0.0145. The van der Waals surface area contributed by atoms with Crippen LogP contribution >= 0.6 is 0 Å². The number of carbonyl (C=O) groups is 2. The van der Waals surface area contributed by atoms with Crippen molar-refractivity contribution in [1.29, 1.82) is 0 Å². The van der Waals surface area contributed by atoms with Crippen LogP contribution in [0.15, 0.2) is 41.4 Å². The number of carbonyl (C=O) groups excluding carboxylic acids is 2. The van der Waals surface area contributed by atoms with E-state index in [2.05, 4.69) is 9.73 Å². The van der Waals surface area contributed by atoms with Gasteiger partial charge in [0.05, 0.1) is 22.0 Å². The molecule has 0 fully saturated rings. The SMILES string of the molecule is CC(C)(C)OC(=O)OC(=O)OC(C)(C)C.CC(C)(C)OC([O-])=NCCC1(C)Oc2ccc([N+](=O)[O-])cc2O1.CC1(CCN)Oc2ccc([N+](=O)[O-])cc2O1. The first-order valence-corrected chi connectivity index (χ1v) is 16.7. The third-order valence-electron chi connectivity index (χ3n) is 6.32. The molecular formula is C35H49N4O15-. The van der Waals surface area contributed by atoms with Crippen molar-refractivity contribution in [2.45, 2.75) is 117 Å². The zero-order chi connectivity index (χ0) is 41.3. The molecule has 19 nitrogen and oxygen atoms in total. The number of benzene rings is 2. The molecule has 2 heterocycles. The van der Waals surface area contributed by atoms with Gasteiger partial charge in [0.2, 0.25) is 5.79 Å². The van der Waals surface area contributed by atoms with Crippen molar-refractivity contribution in [2.75, 3.05) is 13.1 Å². The molecule has 0 spiro atoms. The highest BCUT2D eigenvalue weighted by atomic mass is 16.8. The van der Waals surface area contributed by atoms with Gasteiger partial charge in [-0.25, -0.2) is 9.59 Å². The molecule has 2 unspecified atom stereocenters. The number of nitro benzene ring substituents is 2. The van der Waals surface area contributed by atoms with Crippen LogP contribution in [0.1, 0.15) is 89.0 Å². The summed E-state index contributed by atoms with van der Waals surface area (Å²) in [7, 11) is 0. The monoisotopic (exact) mass is 765 g/mol. The molecule has 19 heteroatoms. The molecule has 2 aliphatic heterocycles. The van der Waals surface area contributed by atoms with Gasteiger partial charge < -0.3 is 48.7 Å². The van der Waals surface area contributed by atoms with E-state index in [0.29, 0.717) is 42.4 Å². The zero-order valence-corrected chi connectivity index (χ0v) is 32.3. The molecule has 0 amide bonds. The van der Waals surface area contributed by atoms with Crippen LogP contribution in [0.3, 0.4) is 0 Å². The Hall–Kier alpha value is -5.59. The number of hydrogen-bond acceptors (Lipinski definition) is 17. The molecule has 300 valence electrons. The van der Waals surface area contributed by atoms with Crippen molar-refractivity contribution in [2.24, 2.45) is 10.7 Å². The Morgan fingerprint density at radius 1 is 0.685 bits per heavy atom. The number of ether oxygens (including phenoxy) is 8. The van der Waals surface area contributed by atoms with Gasteiger partial charge in [0.1, 0.15) is 17.3 Å². The minimum atomic E-state index is -1.06. The minimum Gasteiger partial charge on any atom is -0.595 e. The number of fused-ring (bicyclic) bond motifs is 2. The third-order valence-corrected chi connectivity index (χ3v) is 6.32. The molecule has 2 aromatic carbocycles. The van der Waals surface area contributed by atoms with Crippen LogP contribution in [0, 0.1) is 20.2 Å². The van der Waals surface area contributed by atoms with Crippen LogP contribution in [0.4, 0.5) is 21.0 Å². The lowest BCUT2D eigenvalue weighted by atomic mass is 10.2. The topological polar surface area (TPSA) is 256 Å². The van der Waals surface area contributed by atoms with Crippen molar-refractivity contribution < 1.29 is 62.4 Å². The first-order valence-electron chi connectivity index (χ1n) is 16.7. The predicted molar refractivity (Wildman–Crippen MR) is 190 cm³/mol. The highest BCUT2D eigenvalue weighted by molar-refractivity contribution is 5.77. The Kier molecular flexibility index (Phi) is 14.4. The number of non-ortho nitro benzene ring substituents is 2. The van der Waals surface area contributed by atoms with Crippen molar-refractivity contribution in [3.8, 4) is 23.0 Å². The van der Waals surface area contributed by atoms with Gasteiger partial charge in [-0.05, 0) is 60.2 Å². The van der Waals surface area contributed by atoms with Gasteiger partial charge in [-0.1, -0.05) is 20.8 Å². The molecule has 2 aliphatic rings. The number of nitrogens with two attached hydrogens (primary N) is 1. The number of rotatable bonds is 7. The molecule has 2 N–H and O–H groups in total. The fourth-order valence-electron chi connectivity index (χ4n) is 4.24. The Bertz CT molecular complexity index is 1670. The summed E-state index contributed by atoms with van der Waals surface area (Å²) in [4.78, 5) is 46.2. The smallest absolute Gasteiger partial charge is 0.519 e. The standard InChI is InChI=1S/C15H20N2O6.C10H12N2O4.C10H18O5/c1-14(2,3)23-13(18)16-8-7-15(4)21-11-6-5-10(17(19)20)9-12(11)22-15;1-10(4-5-11)15-8-3-2-7(12(13)14)6-9(8)16-10;1-9(2,3)14-7(11)13-8(12)15-10(4,5)6/h5-6,9H,7-8H2,1-4H3,(H,16,18);2-3,6H,4-5,11H2,1H3;1-6H3/p-1. The molecule has 2 atom stereocenters. The number of nitro groups is 2. The fourth-order valence-corrected chi connectivity index (χ4v) is 4.24. The van der Waals surface area contributed by atoms with Crippen molar-refractivity contribution >= 4 is 29.8 Å². The van der Waals surface area contributed by atoms with Crippen LogP contribution in [0.25, 0.3) is 0 Å². The van der Waals surface area contributed by atoms with Crippen LogP contribution in [-0.2, 0) is 18.9 Å². The molecule has 54 heavy (non-hydrogen) atoms. The van der Waals surface area contributed by atoms with E-state index in [0.717, 1.165) is 0 Å². The van der Waals surface area contributed by atoms with Crippen LogP contribution in [0.2, 0.25) is 0 Å². The molecule has 0 bridgehead atoms. The van der Waals surface area contributed by atoms with Crippen molar-refractivity contribution in [3.63, 3.8) is 0 Å². The molecule has 0 aromatic heterocycles. The van der Waals surface area contributed by atoms with Crippen molar-refractivity contribution in [3.05, 3.63) is 56.6 Å². The number of nitrogens with zero attached hydrogens (tertiary/aromatic N) is 3. The van der Waals surface area contributed by atoms with E-state index in [9.17, 15) is 34.9 Å². The van der Waals surface area contributed by atoms with E-state index >= 15 is 0 Å². The summed E-state index contributed by atoms with van der Waals surface area (Å²) in [6, 6.07) is 8.43. The zero-order valence-electron chi connectivity index (χ0n) is 32.3. The normalized spacial score (nSPS) is 18.6. The van der Waals surface area contributed by atoms with Gasteiger partial charge in [-0.3, -0.25) is 25.2 Å². The van der Waals surface area contributed by atoms with Crippen LogP contribution < -0.4 is 29.8 Å². The molecule has 0 saturated heterocycles. The lowest BCUT2D eigenvalue weighted by Gasteiger charge is -2.29. The second-order valence-electron chi connectivity index (χ2n) is 15.1. The predicted octanol–water partition coefficient (Wildman–Crippen LogP) is 6.31. The van der Waals surface area contributed by atoms with E-state index in [-0.39, 0.29) is 17.9 Å². The van der Waals surface area contributed by atoms with Crippen LogP contribution in [0.5, 0.6) is 23.0 Å².